The summed E-state index contributed by atoms with van der Waals surface area (Å²) in [6.07, 6.45) is 10.3. The van der Waals surface area contributed by atoms with E-state index >= 15 is 0 Å². The third-order valence-corrected chi connectivity index (χ3v) is 5.96. The fraction of sp³-hybridized carbons (Fsp3) is 0.500. The van der Waals surface area contributed by atoms with E-state index in [9.17, 15) is 0 Å². The Hall–Kier alpha value is -1.08. The van der Waals surface area contributed by atoms with E-state index in [0.717, 1.165) is 0 Å². The van der Waals surface area contributed by atoms with Crippen molar-refractivity contribution in [3.05, 3.63) is 45.1 Å². The molecule has 0 spiro atoms. The van der Waals surface area contributed by atoms with Gasteiger partial charge in [-0.2, -0.15) is 0 Å². The molecule has 0 bridgehead atoms. The fourth-order valence-corrected chi connectivity index (χ4v) is 4.86. The molecule has 0 unspecified atom stereocenters. The van der Waals surface area contributed by atoms with Crippen LogP contribution in [0.4, 0.5) is 0 Å². The van der Waals surface area contributed by atoms with Gasteiger partial charge in [-0.05, 0) is 60.8 Å². The number of benzene rings is 1. The molecule has 0 nitrogen and oxygen atoms in total. The predicted molar refractivity (Wildman–Crippen MR) is 94.4 cm³/mol. The summed E-state index contributed by atoms with van der Waals surface area (Å²) in [5.74, 6) is 0. The lowest BCUT2D eigenvalue weighted by Gasteiger charge is -2.18. The Morgan fingerprint density at radius 3 is 2.52 bits per heavy atom. The molecule has 21 heavy (non-hydrogen) atoms. The normalized spacial score (nSPS) is 13.0. The molecule has 0 N–H and O–H groups in total. The van der Waals surface area contributed by atoms with E-state index in [2.05, 4.69) is 49.4 Å². The van der Waals surface area contributed by atoms with Crippen molar-refractivity contribution < 1.29 is 0 Å². The van der Waals surface area contributed by atoms with Gasteiger partial charge >= 0.3 is 0 Å². The molecule has 1 aromatic heterocycles. The van der Waals surface area contributed by atoms with Crippen LogP contribution in [-0.2, 0) is 25.7 Å². The zero-order valence-electron chi connectivity index (χ0n) is 13.4. The van der Waals surface area contributed by atoms with Crippen LogP contribution in [0.5, 0.6) is 0 Å². The minimum atomic E-state index is 1.23. The van der Waals surface area contributed by atoms with Gasteiger partial charge in [-0.3, -0.25) is 0 Å². The van der Waals surface area contributed by atoms with Gasteiger partial charge in [0.2, 0.25) is 0 Å². The maximum absolute atomic E-state index is 2.35. The van der Waals surface area contributed by atoms with Gasteiger partial charge < -0.3 is 0 Å². The second-order valence-corrected chi connectivity index (χ2v) is 7.36. The minimum absolute atomic E-state index is 1.23. The van der Waals surface area contributed by atoms with Crippen molar-refractivity contribution in [2.45, 2.75) is 65.2 Å². The third kappa shape index (κ3) is 2.94. The smallest absolute Gasteiger partial charge is 0.0133 e. The number of hydrogen-bond donors (Lipinski definition) is 0. The lowest BCUT2D eigenvalue weighted by Crippen LogP contribution is -2.02. The lowest BCUT2D eigenvalue weighted by atomic mass is 9.86. The van der Waals surface area contributed by atoms with E-state index in [0.29, 0.717) is 0 Å². The van der Waals surface area contributed by atoms with Gasteiger partial charge in [-0.1, -0.05) is 51.0 Å². The Morgan fingerprint density at radius 2 is 1.71 bits per heavy atom. The number of hydrogen-bond acceptors (Lipinski definition) is 1. The predicted octanol–water partition coefficient (Wildman–Crippen LogP) is 6.20. The molecule has 3 rings (SSSR count). The molecule has 1 aromatic carbocycles. The van der Waals surface area contributed by atoms with Crippen molar-refractivity contribution in [2.75, 3.05) is 0 Å². The molecule has 1 heteroatoms. The molecule has 1 aliphatic carbocycles. The first-order valence-electron chi connectivity index (χ1n) is 8.56. The largest absolute Gasteiger partial charge is 0.144 e. The highest BCUT2D eigenvalue weighted by molar-refractivity contribution is 7.12. The van der Waals surface area contributed by atoms with Crippen LogP contribution in [0, 0.1) is 0 Å². The summed E-state index contributed by atoms with van der Waals surface area (Å²) in [6.45, 7) is 4.60. The number of fused-ring (bicyclic) bond motifs is 3. The summed E-state index contributed by atoms with van der Waals surface area (Å²) in [4.78, 5) is 3.35. The highest BCUT2D eigenvalue weighted by Crippen LogP contribution is 2.43. The lowest BCUT2D eigenvalue weighted by molar-refractivity contribution is 0.768. The number of rotatable bonds is 6. The molecule has 1 aliphatic rings. The maximum Gasteiger partial charge on any atom is 0.0133 e. The molecule has 0 radical (unpaired) electrons. The van der Waals surface area contributed by atoms with E-state index < -0.39 is 0 Å². The minimum Gasteiger partial charge on any atom is -0.144 e. The second-order valence-electron chi connectivity index (χ2n) is 6.17. The van der Waals surface area contributed by atoms with Crippen LogP contribution in [0.3, 0.4) is 0 Å². The molecule has 2 aromatic rings. The molecule has 0 fully saturated rings. The van der Waals surface area contributed by atoms with Crippen LogP contribution < -0.4 is 0 Å². The first kappa shape index (κ1) is 14.8. The van der Waals surface area contributed by atoms with Gasteiger partial charge in [0.05, 0.1) is 0 Å². The Kier molecular flexibility index (Phi) is 4.80. The van der Waals surface area contributed by atoms with Crippen LogP contribution in [0.2, 0.25) is 0 Å². The fourth-order valence-electron chi connectivity index (χ4n) is 3.45. The van der Waals surface area contributed by atoms with Gasteiger partial charge in [0, 0.05) is 9.75 Å². The van der Waals surface area contributed by atoms with E-state index in [1.54, 1.807) is 26.4 Å². The Labute approximate surface area is 133 Å². The maximum atomic E-state index is 2.35. The standard InChI is InChI=1S/C20H26S/c1-3-5-10-17-18(12-6-4-2)21-19-14-13-15-9-7-8-11-16(15)20(17)19/h7-9,11H,3-6,10,12-14H2,1-2H3. The SMILES string of the molecule is CCCCc1sc2c(c1CCCC)-c1ccccc1CC2. The molecule has 0 aliphatic heterocycles. The number of aryl methyl sites for hydroxylation is 3. The van der Waals surface area contributed by atoms with Gasteiger partial charge in [0.1, 0.15) is 0 Å². The van der Waals surface area contributed by atoms with Crippen molar-refractivity contribution in [2.24, 2.45) is 0 Å². The number of unbranched alkanes of at least 4 members (excludes halogenated alkanes) is 2. The van der Waals surface area contributed by atoms with Gasteiger partial charge in [0.15, 0.2) is 0 Å². The van der Waals surface area contributed by atoms with Gasteiger partial charge in [0.25, 0.3) is 0 Å². The van der Waals surface area contributed by atoms with Crippen molar-refractivity contribution in [1.82, 2.24) is 0 Å². The molecular weight excluding hydrogens is 272 g/mol. The van der Waals surface area contributed by atoms with Crippen LogP contribution in [-0.4, -0.2) is 0 Å². The summed E-state index contributed by atoms with van der Waals surface area (Å²) in [6, 6.07) is 9.07. The van der Waals surface area contributed by atoms with E-state index in [-0.39, 0.29) is 0 Å². The topological polar surface area (TPSA) is 0 Å². The summed E-state index contributed by atoms with van der Waals surface area (Å²) >= 11 is 2.12. The van der Waals surface area contributed by atoms with Crippen LogP contribution >= 0.6 is 11.3 Å². The van der Waals surface area contributed by atoms with Crippen LogP contribution in [0.1, 0.15) is 60.4 Å². The zero-order chi connectivity index (χ0) is 14.7. The number of thiophene rings is 1. The highest BCUT2D eigenvalue weighted by Gasteiger charge is 2.23. The molecule has 0 saturated carbocycles. The zero-order valence-corrected chi connectivity index (χ0v) is 14.2. The third-order valence-electron chi connectivity index (χ3n) is 4.61. The summed E-state index contributed by atoms with van der Waals surface area (Å²) in [5.41, 5.74) is 6.41. The Morgan fingerprint density at radius 1 is 0.952 bits per heavy atom. The first-order chi connectivity index (χ1) is 10.3. The van der Waals surface area contributed by atoms with Crippen LogP contribution in [0.15, 0.2) is 24.3 Å². The summed E-state index contributed by atoms with van der Waals surface area (Å²) in [7, 11) is 0. The quantitative estimate of drug-likeness (QED) is 0.595. The summed E-state index contributed by atoms with van der Waals surface area (Å²) < 4.78 is 0. The first-order valence-corrected chi connectivity index (χ1v) is 9.38. The molecule has 1 heterocycles. The van der Waals surface area contributed by atoms with Crippen molar-refractivity contribution in [3.63, 3.8) is 0 Å². The van der Waals surface area contributed by atoms with Gasteiger partial charge in [-0.15, -0.1) is 11.3 Å². The van der Waals surface area contributed by atoms with Crippen molar-refractivity contribution in [3.8, 4) is 11.1 Å². The van der Waals surface area contributed by atoms with Gasteiger partial charge in [-0.25, -0.2) is 0 Å². The molecule has 0 saturated heterocycles. The second kappa shape index (κ2) is 6.79. The van der Waals surface area contributed by atoms with E-state index in [1.165, 1.54) is 56.9 Å². The Bertz CT molecular complexity index is 606. The molecule has 0 atom stereocenters. The average molecular weight is 298 g/mol. The van der Waals surface area contributed by atoms with E-state index in [1.807, 2.05) is 0 Å². The van der Waals surface area contributed by atoms with Crippen LogP contribution in [0.25, 0.3) is 11.1 Å². The van der Waals surface area contributed by atoms with Crippen molar-refractivity contribution in [1.29, 1.82) is 0 Å². The van der Waals surface area contributed by atoms with E-state index in [4.69, 9.17) is 0 Å². The molecule has 112 valence electrons. The molecule has 0 amide bonds. The van der Waals surface area contributed by atoms with Crippen molar-refractivity contribution >= 4 is 11.3 Å². The molecular formula is C20H26S. The highest BCUT2D eigenvalue weighted by atomic mass is 32.1. The monoisotopic (exact) mass is 298 g/mol. The Balaban J connectivity index is 2.05. The summed E-state index contributed by atoms with van der Waals surface area (Å²) in [5, 5.41) is 0. The average Bonchev–Trinajstić information content (AvgIpc) is 2.88.